The van der Waals surface area contributed by atoms with Gasteiger partial charge in [-0.2, -0.15) is 0 Å². The van der Waals surface area contributed by atoms with Crippen LogP contribution in [0.4, 0.5) is 4.39 Å². The lowest BCUT2D eigenvalue weighted by Crippen LogP contribution is -2.18. The maximum absolute atomic E-state index is 14.0. The molecular formula is C23H21FN2O7S. The molecule has 0 radical (unpaired) electrons. The quantitative estimate of drug-likeness (QED) is 0.417. The number of halogens is 1. The summed E-state index contributed by atoms with van der Waals surface area (Å²) in [7, 11) is -4.15. The monoisotopic (exact) mass is 488 g/mol. The number of ketones is 1. The number of nitrogens with zero attached hydrogens (tertiary/aromatic N) is 1. The first kappa shape index (κ1) is 23.5. The standard InChI is InChI=1S/C23H21FN2O7S/c1-13-9-17(14(2)26(13)15-3-6-21-22(10-15)32-8-7-31-21)20(27)12-33-23(28)18-11-16(34(25,29)30)4-5-19(18)24/h3-6,9-11H,7-8,12H2,1-2H3,(H2,25,29,30). The second kappa shape index (κ2) is 8.92. The third-order valence-electron chi connectivity index (χ3n) is 5.34. The van der Waals surface area contributed by atoms with Gasteiger partial charge >= 0.3 is 5.97 Å². The highest BCUT2D eigenvalue weighted by Crippen LogP contribution is 2.33. The van der Waals surface area contributed by atoms with Crippen molar-refractivity contribution in [2.75, 3.05) is 19.8 Å². The van der Waals surface area contributed by atoms with E-state index in [0.717, 1.165) is 29.6 Å². The first-order chi connectivity index (χ1) is 16.1. The number of aromatic nitrogens is 1. The number of carbonyl (C=O) groups is 2. The molecule has 0 atom stereocenters. The zero-order chi connectivity index (χ0) is 24.6. The summed E-state index contributed by atoms with van der Waals surface area (Å²) in [5.41, 5.74) is 1.81. The number of esters is 1. The molecule has 2 aromatic carbocycles. The van der Waals surface area contributed by atoms with Crippen molar-refractivity contribution in [3.63, 3.8) is 0 Å². The van der Waals surface area contributed by atoms with Gasteiger partial charge in [-0.15, -0.1) is 0 Å². The SMILES string of the molecule is Cc1cc(C(=O)COC(=O)c2cc(S(N)(=O)=O)ccc2F)c(C)n1-c1ccc2c(c1)OCCO2. The zero-order valence-corrected chi connectivity index (χ0v) is 19.1. The highest BCUT2D eigenvalue weighted by molar-refractivity contribution is 7.89. The Morgan fingerprint density at radius 3 is 2.44 bits per heavy atom. The Balaban J connectivity index is 1.53. The molecule has 9 nitrogen and oxygen atoms in total. The van der Waals surface area contributed by atoms with Crippen molar-refractivity contribution in [3.05, 3.63) is 70.8 Å². The molecule has 0 bridgehead atoms. The fraction of sp³-hybridized carbons (Fsp3) is 0.217. The molecule has 0 unspecified atom stereocenters. The number of nitrogens with two attached hydrogens (primary N) is 1. The molecule has 0 aliphatic carbocycles. The average molecular weight is 488 g/mol. The minimum Gasteiger partial charge on any atom is -0.486 e. The molecule has 0 saturated carbocycles. The van der Waals surface area contributed by atoms with Gasteiger partial charge in [-0.1, -0.05) is 0 Å². The van der Waals surface area contributed by atoms with Crippen LogP contribution in [0.2, 0.25) is 0 Å². The number of primary sulfonamides is 1. The van der Waals surface area contributed by atoms with Gasteiger partial charge in [-0.05, 0) is 50.2 Å². The Hall–Kier alpha value is -3.70. The van der Waals surface area contributed by atoms with Crippen LogP contribution in [0.5, 0.6) is 11.5 Å². The number of sulfonamides is 1. The van der Waals surface area contributed by atoms with Crippen LogP contribution in [0.25, 0.3) is 5.69 Å². The number of hydrogen-bond donors (Lipinski definition) is 1. The molecule has 2 N–H and O–H groups in total. The molecule has 0 fully saturated rings. The van der Waals surface area contributed by atoms with E-state index in [4.69, 9.17) is 19.3 Å². The number of fused-ring (bicyclic) bond motifs is 1. The van der Waals surface area contributed by atoms with E-state index >= 15 is 0 Å². The van der Waals surface area contributed by atoms with Crippen molar-refractivity contribution in [3.8, 4) is 17.2 Å². The Morgan fingerprint density at radius 2 is 1.74 bits per heavy atom. The average Bonchev–Trinajstić information content (AvgIpc) is 3.10. The topological polar surface area (TPSA) is 127 Å². The smallest absolute Gasteiger partial charge is 0.341 e. The van der Waals surface area contributed by atoms with Crippen LogP contribution < -0.4 is 14.6 Å². The first-order valence-electron chi connectivity index (χ1n) is 10.2. The van der Waals surface area contributed by atoms with Crippen molar-refractivity contribution in [2.24, 2.45) is 5.14 Å². The second-order valence-corrected chi connectivity index (χ2v) is 9.20. The Bertz CT molecular complexity index is 1410. The van der Waals surface area contributed by atoms with Crippen molar-refractivity contribution < 1.29 is 36.6 Å². The van der Waals surface area contributed by atoms with Crippen molar-refractivity contribution >= 4 is 21.8 Å². The molecule has 34 heavy (non-hydrogen) atoms. The molecule has 1 aliphatic heterocycles. The minimum atomic E-state index is -4.15. The third kappa shape index (κ3) is 4.52. The highest BCUT2D eigenvalue weighted by Gasteiger charge is 2.22. The molecule has 2 heterocycles. The van der Waals surface area contributed by atoms with E-state index in [9.17, 15) is 22.4 Å². The maximum atomic E-state index is 14.0. The van der Waals surface area contributed by atoms with E-state index in [0.29, 0.717) is 36.0 Å². The summed E-state index contributed by atoms with van der Waals surface area (Å²) in [6.07, 6.45) is 0. The van der Waals surface area contributed by atoms with Crippen molar-refractivity contribution in [1.29, 1.82) is 0 Å². The van der Waals surface area contributed by atoms with E-state index in [1.807, 2.05) is 23.6 Å². The number of benzene rings is 2. The van der Waals surface area contributed by atoms with Crippen LogP contribution in [0.3, 0.4) is 0 Å². The fourth-order valence-corrected chi connectivity index (χ4v) is 4.28. The number of hydrogen-bond acceptors (Lipinski definition) is 7. The summed E-state index contributed by atoms with van der Waals surface area (Å²) in [6, 6.07) is 9.58. The molecule has 11 heteroatoms. The normalized spacial score (nSPS) is 12.9. The van der Waals surface area contributed by atoms with Gasteiger partial charge in [0.2, 0.25) is 15.8 Å². The number of ether oxygens (including phenoxy) is 3. The number of rotatable bonds is 6. The molecule has 3 aromatic rings. The Kier molecular flexibility index (Phi) is 6.15. The number of carbonyl (C=O) groups excluding carboxylic acids is 2. The predicted octanol–water partition coefficient (Wildman–Crippen LogP) is 2.69. The molecule has 4 rings (SSSR count). The highest BCUT2D eigenvalue weighted by atomic mass is 32.2. The number of Topliss-reactive ketones (excluding diaryl/α,β-unsaturated/α-hetero) is 1. The summed E-state index contributed by atoms with van der Waals surface area (Å²) in [4.78, 5) is 24.7. The van der Waals surface area contributed by atoms with Gasteiger partial charge in [0.25, 0.3) is 0 Å². The molecular weight excluding hydrogens is 467 g/mol. The van der Waals surface area contributed by atoms with E-state index in [1.165, 1.54) is 0 Å². The Labute approximate surface area is 194 Å². The summed E-state index contributed by atoms with van der Waals surface area (Å²) in [6.45, 7) is 3.82. The van der Waals surface area contributed by atoms with Crippen LogP contribution in [0.1, 0.15) is 32.1 Å². The lowest BCUT2D eigenvalue weighted by Gasteiger charge is -2.20. The van der Waals surface area contributed by atoms with Gasteiger partial charge in [-0.3, -0.25) is 4.79 Å². The lowest BCUT2D eigenvalue weighted by molar-refractivity contribution is 0.0469. The summed E-state index contributed by atoms with van der Waals surface area (Å²) in [5, 5.41) is 5.02. The van der Waals surface area contributed by atoms with Crippen molar-refractivity contribution in [2.45, 2.75) is 18.7 Å². The Morgan fingerprint density at radius 1 is 1.03 bits per heavy atom. The predicted molar refractivity (Wildman–Crippen MR) is 119 cm³/mol. The first-order valence-corrected chi connectivity index (χ1v) is 11.7. The van der Waals surface area contributed by atoms with Gasteiger partial charge < -0.3 is 18.8 Å². The van der Waals surface area contributed by atoms with Crippen LogP contribution in [-0.4, -0.2) is 44.6 Å². The summed E-state index contributed by atoms with van der Waals surface area (Å²) >= 11 is 0. The summed E-state index contributed by atoms with van der Waals surface area (Å²) < 4.78 is 55.0. The molecule has 0 amide bonds. The van der Waals surface area contributed by atoms with Crippen LogP contribution in [0, 0.1) is 19.7 Å². The molecule has 0 saturated heterocycles. The van der Waals surface area contributed by atoms with E-state index in [2.05, 4.69) is 0 Å². The minimum absolute atomic E-state index is 0.318. The van der Waals surface area contributed by atoms with Gasteiger partial charge in [0.05, 0.1) is 10.5 Å². The van der Waals surface area contributed by atoms with Gasteiger partial charge in [0.15, 0.2) is 18.1 Å². The van der Waals surface area contributed by atoms with E-state index < -0.39 is 44.7 Å². The van der Waals surface area contributed by atoms with E-state index in [-0.39, 0.29) is 0 Å². The fourth-order valence-electron chi connectivity index (χ4n) is 3.74. The van der Waals surface area contributed by atoms with Gasteiger partial charge in [0, 0.05) is 28.7 Å². The zero-order valence-electron chi connectivity index (χ0n) is 18.3. The van der Waals surface area contributed by atoms with Crippen molar-refractivity contribution in [1.82, 2.24) is 4.57 Å². The summed E-state index contributed by atoms with van der Waals surface area (Å²) in [5.74, 6) is -1.45. The van der Waals surface area contributed by atoms with Gasteiger partial charge in [0.1, 0.15) is 19.0 Å². The van der Waals surface area contributed by atoms with Crippen LogP contribution in [0.15, 0.2) is 47.4 Å². The lowest BCUT2D eigenvalue weighted by atomic mass is 10.1. The van der Waals surface area contributed by atoms with E-state index in [1.54, 1.807) is 19.1 Å². The van der Waals surface area contributed by atoms with Crippen LogP contribution >= 0.6 is 0 Å². The maximum Gasteiger partial charge on any atom is 0.341 e. The largest absolute Gasteiger partial charge is 0.486 e. The molecule has 178 valence electrons. The second-order valence-electron chi connectivity index (χ2n) is 7.63. The number of aryl methyl sites for hydroxylation is 1. The third-order valence-corrected chi connectivity index (χ3v) is 6.25. The molecule has 1 aliphatic rings. The van der Waals surface area contributed by atoms with Gasteiger partial charge in [-0.25, -0.2) is 22.7 Å². The molecule has 0 spiro atoms. The van der Waals surface area contributed by atoms with Crippen LogP contribution in [-0.2, 0) is 14.8 Å². The molecule has 1 aromatic heterocycles.